The lowest BCUT2D eigenvalue weighted by molar-refractivity contribution is 0.317. The van der Waals surface area contributed by atoms with E-state index in [2.05, 4.69) is 0 Å². The summed E-state index contributed by atoms with van der Waals surface area (Å²) in [6.45, 7) is -0.355. The van der Waals surface area contributed by atoms with E-state index in [1.54, 1.807) is 0 Å². The minimum atomic E-state index is -4.22. The highest BCUT2D eigenvalue weighted by Gasteiger charge is 2.19. The highest BCUT2D eigenvalue weighted by atomic mass is 35.7. The molecule has 0 aromatic heterocycles. The summed E-state index contributed by atoms with van der Waals surface area (Å²) in [4.78, 5) is -0.703. The third-order valence-corrected chi connectivity index (χ3v) is 3.65. The zero-order chi connectivity index (χ0) is 13.9. The molecule has 0 unspecified atom stereocenters. The van der Waals surface area contributed by atoms with Gasteiger partial charge < -0.3 is 4.74 Å². The monoisotopic (exact) mass is 336 g/mol. The molecule has 1 aromatic rings. The van der Waals surface area contributed by atoms with E-state index >= 15 is 0 Å². The Labute approximate surface area is 116 Å². The van der Waals surface area contributed by atoms with E-state index in [1.807, 2.05) is 0 Å². The molecule has 0 atom stereocenters. The summed E-state index contributed by atoms with van der Waals surface area (Å²) in [5.41, 5.74) is 0.967. The minimum absolute atomic E-state index is 0.0181. The molecule has 0 aliphatic heterocycles. The Morgan fingerprint density at radius 1 is 1.33 bits per heavy atom. The lowest BCUT2D eigenvalue weighted by atomic mass is 10.3. The Morgan fingerprint density at radius 3 is 2.22 bits per heavy atom. The summed E-state index contributed by atoms with van der Waals surface area (Å²) < 4.78 is 53.3. The third kappa shape index (κ3) is 3.98. The van der Waals surface area contributed by atoms with Gasteiger partial charge >= 0.3 is 0 Å². The van der Waals surface area contributed by atoms with Crippen molar-refractivity contribution in [1.82, 2.24) is 0 Å². The van der Waals surface area contributed by atoms with Crippen molar-refractivity contribution in [1.29, 1.82) is 0 Å². The molecule has 1 aromatic carbocycles. The van der Waals surface area contributed by atoms with Gasteiger partial charge in [-0.05, 0) is 12.1 Å². The maximum Gasteiger partial charge on any atom is 0.261 e. The van der Waals surface area contributed by atoms with Crippen LogP contribution in [-0.4, -0.2) is 15.0 Å². The number of halogens is 5. The molecule has 0 saturated carbocycles. The molecule has 1 rings (SSSR count). The van der Waals surface area contributed by atoms with Gasteiger partial charge in [0.05, 0.1) is 9.93 Å². The molecule has 18 heavy (non-hydrogen) atoms. The average Bonchev–Trinajstić information content (AvgIpc) is 2.26. The maximum atomic E-state index is 13.4. The van der Waals surface area contributed by atoms with E-state index < -0.39 is 31.3 Å². The second kappa shape index (κ2) is 6.06. The van der Waals surface area contributed by atoms with E-state index in [-0.39, 0.29) is 11.6 Å². The van der Waals surface area contributed by atoms with E-state index in [4.69, 9.17) is 38.6 Å². The van der Waals surface area contributed by atoms with Gasteiger partial charge in [-0.1, -0.05) is 23.2 Å². The van der Waals surface area contributed by atoms with Crippen LogP contribution in [0.1, 0.15) is 0 Å². The average molecular weight is 338 g/mol. The maximum absolute atomic E-state index is 13.4. The van der Waals surface area contributed by atoms with Gasteiger partial charge in [0.15, 0.2) is 17.4 Å². The highest BCUT2D eigenvalue weighted by Crippen LogP contribution is 2.27. The summed E-state index contributed by atoms with van der Waals surface area (Å²) >= 11 is 10.7. The summed E-state index contributed by atoms with van der Waals surface area (Å²) in [5, 5.41) is 0.0181. The van der Waals surface area contributed by atoms with Crippen molar-refractivity contribution >= 4 is 42.9 Å². The zero-order valence-electron chi connectivity index (χ0n) is 8.46. The molecule has 100 valence electrons. The number of rotatable bonds is 4. The van der Waals surface area contributed by atoms with Crippen LogP contribution in [0.25, 0.3) is 0 Å². The van der Waals surface area contributed by atoms with Crippen LogP contribution in [0, 0.1) is 11.6 Å². The molecule has 0 saturated heterocycles. The molecule has 0 bridgehead atoms. The molecule has 0 heterocycles. The first-order chi connectivity index (χ1) is 8.25. The first-order valence-corrected chi connectivity index (χ1v) is 7.39. The van der Waals surface area contributed by atoms with Gasteiger partial charge in [-0.25, -0.2) is 17.2 Å². The molecular formula is C9H5Cl3F2O3S. The van der Waals surface area contributed by atoms with Crippen LogP contribution in [-0.2, 0) is 9.05 Å². The Kier molecular flexibility index (Phi) is 5.21. The van der Waals surface area contributed by atoms with Gasteiger partial charge in [0.25, 0.3) is 9.05 Å². The molecule has 9 heteroatoms. The SMILES string of the molecule is O=S(=O)(Cl)c1cc(F)c(OC/C(Cl)=C/Cl)c(F)c1. The van der Waals surface area contributed by atoms with Crippen LogP contribution in [0.4, 0.5) is 8.78 Å². The summed E-state index contributed by atoms with van der Waals surface area (Å²) in [6.07, 6.45) is 0. The van der Waals surface area contributed by atoms with Crippen molar-refractivity contribution in [3.8, 4) is 5.75 Å². The second-order valence-electron chi connectivity index (χ2n) is 3.00. The third-order valence-electron chi connectivity index (χ3n) is 1.73. The van der Waals surface area contributed by atoms with E-state index in [1.165, 1.54) is 0 Å². The van der Waals surface area contributed by atoms with Gasteiger partial charge in [0.2, 0.25) is 0 Å². The van der Waals surface area contributed by atoms with Gasteiger partial charge in [0.1, 0.15) is 6.61 Å². The fourth-order valence-electron chi connectivity index (χ4n) is 0.988. The lowest BCUT2D eigenvalue weighted by Gasteiger charge is -2.08. The Balaban J connectivity index is 3.10. The predicted octanol–water partition coefficient (Wildman–Crippen LogP) is 3.59. The fourth-order valence-corrected chi connectivity index (χ4v) is 1.86. The van der Waals surface area contributed by atoms with Crippen molar-refractivity contribution in [2.75, 3.05) is 6.61 Å². The topological polar surface area (TPSA) is 43.4 Å². The predicted molar refractivity (Wildman–Crippen MR) is 64.7 cm³/mol. The van der Waals surface area contributed by atoms with Crippen LogP contribution in [0.5, 0.6) is 5.75 Å². The molecule has 0 N–H and O–H groups in total. The van der Waals surface area contributed by atoms with E-state index in [0.29, 0.717) is 12.1 Å². The van der Waals surface area contributed by atoms with Crippen molar-refractivity contribution in [2.24, 2.45) is 0 Å². The Bertz CT molecular complexity index is 564. The number of ether oxygens (including phenoxy) is 1. The van der Waals surface area contributed by atoms with Crippen molar-refractivity contribution in [3.05, 3.63) is 34.3 Å². The van der Waals surface area contributed by atoms with Crippen LogP contribution in [0.2, 0.25) is 0 Å². The molecule has 0 spiro atoms. The molecule has 0 aliphatic rings. The molecule has 0 aliphatic carbocycles. The van der Waals surface area contributed by atoms with Gasteiger partial charge in [-0.2, -0.15) is 0 Å². The minimum Gasteiger partial charge on any atom is -0.482 e. The van der Waals surface area contributed by atoms with Crippen LogP contribution >= 0.6 is 33.9 Å². The van der Waals surface area contributed by atoms with Crippen molar-refractivity contribution < 1.29 is 21.9 Å². The second-order valence-corrected chi connectivity index (χ2v) is 6.27. The first-order valence-electron chi connectivity index (χ1n) is 4.27. The first kappa shape index (κ1) is 15.5. The molecular weight excluding hydrogens is 333 g/mol. The smallest absolute Gasteiger partial charge is 0.261 e. The van der Waals surface area contributed by atoms with Crippen molar-refractivity contribution in [3.63, 3.8) is 0 Å². The van der Waals surface area contributed by atoms with Gasteiger partial charge in [-0.3, -0.25) is 0 Å². The molecule has 0 amide bonds. The Hall–Kier alpha value is -0.560. The largest absolute Gasteiger partial charge is 0.482 e. The van der Waals surface area contributed by atoms with Gasteiger partial charge in [-0.15, -0.1) is 0 Å². The number of hydrogen-bond donors (Lipinski definition) is 0. The lowest BCUT2D eigenvalue weighted by Crippen LogP contribution is -2.03. The van der Waals surface area contributed by atoms with E-state index in [9.17, 15) is 17.2 Å². The molecule has 0 radical (unpaired) electrons. The van der Waals surface area contributed by atoms with E-state index in [0.717, 1.165) is 5.54 Å². The van der Waals surface area contributed by atoms with Crippen LogP contribution in [0.3, 0.4) is 0 Å². The Morgan fingerprint density at radius 2 is 1.83 bits per heavy atom. The zero-order valence-corrected chi connectivity index (χ0v) is 11.5. The van der Waals surface area contributed by atoms with Gasteiger partial charge in [0, 0.05) is 16.2 Å². The highest BCUT2D eigenvalue weighted by molar-refractivity contribution is 8.13. The summed E-state index contributed by atoms with van der Waals surface area (Å²) in [7, 11) is 0.733. The summed E-state index contributed by atoms with van der Waals surface area (Å²) in [6, 6.07) is 1.08. The standard InChI is InChI=1S/C9H5Cl3F2O3S/c10-3-5(11)4-17-9-7(13)1-6(2-8(9)14)18(12,15)16/h1-3H,4H2/b5-3-. The normalized spacial score (nSPS) is 12.6. The number of hydrogen-bond acceptors (Lipinski definition) is 3. The molecule has 0 fully saturated rings. The van der Waals surface area contributed by atoms with Crippen molar-refractivity contribution in [2.45, 2.75) is 4.90 Å². The summed E-state index contributed by atoms with van der Waals surface area (Å²) in [5.74, 6) is -3.20. The van der Waals surface area contributed by atoms with Crippen LogP contribution in [0.15, 0.2) is 27.6 Å². The quantitative estimate of drug-likeness (QED) is 0.789. The van der Waals surface area contributed by atoms with Crippen LogP contribution < -0.4 is 4.74 Å². The fraction of sp³-hybridized carbons (Fsp3) is 0.111. The molecule has 3 nitrogen and oxygen atoms in total. The number of benzene rings is 1.